The van der Waals surface area contributed by atoms with Crippen molar-refractivity contribution in [2.45, 2.75) is 0 Å². The van der Waals surface area contributed by atoms with Gasteiger partial charge in [0.25, 0.3) is 0 Å². The summed E-state index contributed by atoms with van der Waals surface area (Å²) < 4.78 is 25.8. The fourth-order valence-electron chi connectivity index (χ4n) is 0.749. The van der Waals surface area contributed by atoms with Crippen molar-refractivity contribution in [1.82, 2.24) is 5.43 Å². The molecular weight excluding hydrogens is 178 g/mol. The van der Waals surface area contributed by atoms with Crippen molar-refractivity contribution in [3.8, 4) is 0 Å². The Morgan fingerprint density at radius 1 is 1.31 bits per heavy atom. The Bertz CT molecular complexity index is 317. The molecule has 1 rings (SSSR count). The second kappa shape index (κ2) is 3.81. The standard InChI is InChI=1S/C7H8F2N4/c8-4-2-1-3-5(9)6(4)12-7(10)13-11/h1-3H,11H2,(H3,10,12,13). The Hall–Kier alpha value is -1.69. The van der Waals surface area contributed by atoms with Gasteiger partial charge in [0.1, 0.15) is 5.69 Å². The van der Waals surface area contributed by atoms with E-state index >= 15 is 0 Å². The number of benzene rings is 1. The van der Waals surface area contributed by atoms with E-state index in [0.717, 1.165) is 12.1 Å². The summed E-state index contributed by atoms with van der Waals surface area (Å²) in [6.07, 6.45) is 0. The van der Waals surface area contributed by atoms with E-state index in [4.69, 9.17) is 11.6 Å². The first-order chi connectivity index (χ1) is 6.15. The van der Waals surface area contributed by atoms with E-state index < -0.39 is 17.3 Å². The lowest BCUT2D eigenvalue weighted by molar-refractivity contribution is 0.587. The van der Waals surface area contributed by atoms with E-state index in [-0.39, 0.29) is 5.96 Å². The monoisotopic (exact) mass is 186 g/mol. The molecule has 0 fully saturated rings. The fraction of sp³-hybridized carbons (Fsp3) is 0. The lowest BCUT2D eigenvalue weighted by atomic mass is 10.3. The van der Waals surface area contributed by atoms with Gasteiger partial charge in [-0.3, -0.25) is 5.43 Å². The quantitative estimate of drug-likeness (QED) is 0.257. The van der Waals surface area contributed by atoms with Crippen LogP contribution in [-0.4, -0.2) is 5.96 Å². The normalized spacial score (nSPS) is 11.5. The molecule has 0 radical (unpaired) electrons. The van der Waals surface area contributed by atoms with Crippen LogP contribution in [-0.2, 0) is 0 Å². The maximum absolute atomic E-state index is 12.9. The molecule has 0 saturated carbocycles. The van der Waals surface area contributed by atoms with Crippen LogP contribution < -0.4 is 17.0 Å². The van der Waals surface area contributed by atoms with Gasteiger partial charge in [0.15, 0.2) is 11.6 Å². The van der Waals surface area contributed by atoms with Gasteiger partial charge in [-0.05, 0) is 12.1 Å². The fourth-order valence-corrected chi connectivity index (χ4v) is 0.749. The number of hydrogen-bond donors (Lipinski definition) is 3. The number of para-hydroxylation sites is 1. The lowest BCUT2D eigenvalue weighted by Crippen LogP contribution is -2.36. The first kappa shape index (κ1) is 9.40. The van der Waals surface area contributed by atoms with Crippen LogP contribution in [0.5, 0.6) is 0 Å². The SMILES string of the molecule is NNC(N)=Nc1c(F)cccc1F. The van der Waals surface area contributed by atoms with Crippen molar-refractivity contribution >= 4 is 11.6 Å². The summed E-state index contributed by atoms with van der Waals surface area (Å²) in [5.74, 6) is 3.02. The Morgan fingerprint density at radius 2 is 1.85 bits per heavy atom. The molecule has 1 aromatic carbocycles. The van der Waals surface area contributed by atoms with E-state index in [2.05, 4.69) is 4.99 Å². The Labute approximate surface area is 73.2 Å². The number of halogens is 2. The number of nitrogens with two attached hydrogens (primary N) is 2. The minimum absolute atomic E-state index is 0.260. The second-order valence-corrected chi connectivity index (χ2v) is 2.21. The number of hydrazine groups is 1. The topological polar surface area (TPSA) is 76.4 Å². The molecule has 70 valence electrons. The van der Waals surface area contributed by atoms with Crippen LogP contribution in [0.2, 0.25) is 0 Å². The zero-order chi connectivity index (χ0) is 9.84. The van der Waals surface area contributed by atoms with Crippen LogP contribution in [0.25, 0.3) is 0 Å². The molecule has 0 unspecified atom stereocenters. The van der Waals surface area contributed by atoms with E-state index in [9.17, 15) is 8.78 Å². The minimum atomic E-state index is -0.793. The number of rotatable bonds is 1. The highest BCUT2D eigenvalue weighted by Gasteiger charge is 2.06. The summed E-state index contributed by atoms with van der Waals surface area (Å²) in [5, 5.41) is 0. The van der Waals surface area contributed by atoms with Crippen molar-refractivity contribution in [1.29, 1.82) is 0 Å². The molecule has 0 aliphatic heterocycles. The van der Waals surface area contributed by atoms with Crippen LogP contribution in [0.4, 0.5) is 14.5 Å². The van der Waals surface area contributed by atoms with Crippen LogP contribution in [0, 0.1) is 11.6 Å². The zero-order valence-electron chi connectivity index (χ0n) is 6.59. The molecule has 0 aromatic heterocycles. The van der Waals surface area contributed by atoms with E-state index in [0.29, 0.717) is 0 Å². The lowest BCUT2D eigenvalue weighted by Gasteiger charge is -2.00. The van der Waals surface area contributed by atoms with Gasteiger partial charge in [0.05, 0.1) is 0 Å². The predicted molar refractivity (Wildman–Crippen MR) is 45.0 cm³/mol. The molecule has 1 aromatic rings. The third kappa shape index (κ3) is 2.12. The van der Waals surface area contributed by atoms with Gasteiger partial charge in [-0.2, -0.15) is 0 Å². The van der Waals surface area contributed by atoms with Crippen molar-refractivity contribution in [3.63, 3.8) is 0 Å². The van der Waals surface area contributed by atoms with Gasteiger partial charge in [-0.15, -0.1) is 0 Å². The third-order valence-electron chi connectivity index (χ3n) is 1.32. The van der Waals surface area contributed by atoms with E-state index in [1.807, 2.05) is 5.43 Å². The van der Waals surface area contributed by atoms with Crippen molar-refractivity contribution in [2.75, 3.05) is 0 Å². The first-order valence-electron chi connectivity index (χ1n) is 3.40. The molecule has 0 bridgehead atoms. The van der Waals surface area contributed by atoms with Gasteiger partial charge in [-0.25, -0.2) is 19.6 Å². The highest BCUT2D eigenvalue weighted by Crippen LogP contribution is 2.20. The second-order valence-electron chi connectivity index (χ2n) is 2.21. The van der Waals surface area contributed by atoms with Crippen molar-refractivity contribution in [2.24, 2.45) is 16.6 Å². The molecule has 0 saturated heterocycles. The van der Waals surface area contributed by atoms with E-state index in [1.54, 1.807) is 0 Å². The summed E-state index contributed by atoms with van der Waals surface area (Å²) in [4.78, 5) is 3.38. The molecule has 0 atom stereocenters. The van der Waals surface area contributed by atoms with Gasteiger partial charge >= 0.3 is 0 Å². The highest BCUT2D eigenvalue weighted by atomic mass is 19.1. The first-order valence-corrected chi connectivity index (χ1v) is 3.40. The smallest absolute Gasteiger partial charge is 0.208 e. The number of aliphatic imine (C=N–C) groups is 1. The van der Waals surface area contributed by atoms with Crippen LogP contribution in [0.3, 0.4) is 0 Å². The average molecular weight is 186 g/mol. The van der Waals surface area contributed by atoms with Crippen LogP contribution in [0.1, 0.15) is 0 Å². The summed E-state index contributed by atoms with van der Waals surface area (Å²) in [7, 11) is 0. The molecule has 13 heavy (non-hydrogen) atoms. The Morgan fingerprint density at radius 3 is 2.31 bits per heavy atom. The largest absolute Gasteiger partial charge is 0.369 e. The van der Waals surface area contributed by atoms with Gasteiger partial charge in [0.2, 0.25) is 5.96 Å². The summed E-state index contributed by atoms with van der Waals surface area (Å²) in [5.41, 5.74) is 6.63. The van der Waals surface area contributed by atoms with Crippen molar-refractivity contribution < 1.29 is 8.78 Å². The van der Waals surface area contributed by atoms with Crippen molar-refractivity contribution in [3.05, 3.63) is 29.8 Å². The molecule has 0 aliphatic carbocycles. The summed E-state index contributed by atoms with van der Waals surface area (Å²) in [6, 6.07) is 3.38. The van der Waals surface area contributed by atoms with Crippen LogP contribution >= 0.6 is 0 Å². The zero-order valence-corrected chi connectivity index (χ0v) is 6.59. The van der Waals surface area contributed by atoms with Gasteiger partial charge in [0, 0.05) is 0 Å². The number of hydrogen-bond acceptors (Lipinski definition) is 2. The summed E-state index contributed by atoms with van der Waals surface area (Å²) in [6.45, 7) is 0. The number of nitrogens with zero attached hydrogens (tertiary/aromatic N) is 1. The summed E-state index contributed by atoms with van der Waals surface area (Å²) >= 11 is 0. The van der Waals surface area contributed by atoms with Crippen LogP contribution in [0.15, 0.2) is 23.2 Å². The number of guanidine groups is 1. The highest BCUT2D eigenvalue weighted by molar-refractivity contribution is 5.80. The average Bonchev–Trinajstić information content (AvgIpc) is 2.11. The molecule has 0 amide bonds. The molecule has 0 heterocycles. The molecule has 6 heteroatoms. The molecular formula is C7H8F2N4. The maximum atomic E-state index is 12.9. The van der Waals surface area contributed by atoms with E-state index in [1.165, 1.54) is 6.07 Å². The molecule has 4 nitrogen and oxygen atoms in total. The Balaban J connectivity index is 3.14. The molecule has 0 spiro atoms. The number of nitrogens with one attached hydrogen (secondary N) is 1. The van der Waals surface area contributed by atoms with Gasteiger partial charge in [-0.1, -0.05) is 6.07 Å². The third-order valence-corrected chi connectivity index (χ3v) is 1.32. The van der Waals surface area contributed by atoms with Gasteiger partial charge < -0.3 is 5.73 Å². The molecule has 5 N–H and O–H groups in total. The molecule has 0 aliphatic rings. The predicted octanol–water partition coefficient (Wildman–Crippen LogP) is 0.374. The Kier molecular flexibility index (Phi) is 2.76. The minimum Gasteiger partial charge on any atom is -0.369 e. The maximum Gasteiger partial charge on any atom is 0.208 e.